The predicted molar refractivity (Wildman–Crippen MR) is 104 cm³/mol. The number of aliphatic hydroxyl groups excluding tert-OH is 1. The second-order valence-corrected chi connectivity index (χ2v) is 6.28. The maximum Gasteiger partial charge on any atom is 0.221 e. The molecule has 3 aromatic rings. The summed E-state index contributed by atoms with van der Waals surface area (Å²) < 4.78 is 0. The molecule has 3 rings (SSSR count). The molecule has 1 amide bonds. The summed E-state index contributed by atoms with van der Waals surface area (Å²) in [4.78, 5) is 12.6. The molecule has 0 aliphatic carbocycles. The fourth-order valence-electron chi connectivity index (χ4n) is 3.13. The number of carbonyl (C=O) groups is 1. The Labute approximate surface area is 154 Å². The summed E-state index contributed by atoms with van der Waals surface area (Å²) in [5.41, 5.74) is 4.05. The van der Waals surface area contributed by atoms with Crippen molar-refractivity contribution >= 4 is 5.91 Å². The largest absolute Gasteiger partial charge is 0.392 e. The van der Waals surface area contributed by atoms with Gasteiger partial charge in [0.2, 0.25) is 5.91 Å². The minimum atomic E-state index is -0.0251. The maximum atomic E-state index is 12.6. The third kappa shape index (κ3) is 4.58. The third-order valence-corrected chi connectivity index (χ3v) is 4.56. The van der Waals surface area contributed by atoms with Crippen LogP contribution in [-0.4, -0.2) is 11.0 Å². The Morgan fingerprint density at radius 1 is 0.769 bits per heavy atom. The van der Waals surface area contributed by atoms with Crippen LogP contribution in [0.25, 0.3) is 0 Å². The predicted octanol–water partition coefficient (Wildman–Crippen LogP) is 4.02. The molecule has 0 bridgehead atoms. The molecule has 0 fully saturated rings. The molecular formula is C23H23NO2. The van der Waals surface area contributed by atoms with E-state index in [4.69, 9.17) is 0 Å². The average Bonchev–Trinajstić information content (AvgIpc) is 2.72. The van der Waals surface area contributed by atoms with Crippen molar-refractivity contribution in [3.8, 4) is 0 Å². The molecule has 0 saturated carbocycles. The van der Waals surface area contributed by atoms with Gasteiger partial charge in [0.25, 0.3) is 0 Å². The molecule has 3 nitrogen and oxygen atoms in total. The Bertz CT molecular complexity index is 792. The lowest BCUT2D eigenvalue weighted by Gasteiger charge is -2.18. The van der Waals surface area contributed by atoms with Gasteiger partial charge in [-0.3, -0.25) is 4.79 Å². The second kappa shape index (κ2) is 8.97. The zero-order chi connectivity index (χ0) is 18.2. The van der Waals surface area contributed by atoms with E-state index < -0.39 is 0 Å². The minimum absolute atomic E-state index is 0.00421. The van der Waals surface area contributed by atoms with Gasteiger partial charge >= 0.3 is 0 Å². The van der Waals surface area contributed by atoms with Crippen LogP contribution >= 0.6 is 0 Å². The van der Waals surface area contributed by atoms with Crippen LogP contribution in [0.4, 0.5) is 0 Å². The molecule has 0 radical (unpaired) electrons. The lowest BCUT2D eigenvalue weighted by atomic mass is 9.88. The van der Waals surface area contributed by atoms with E-state index in [1.165, 1.54) is 0 Å². The van der Waals surface area contributed by atoms with E-state index in [9.17, 15) is 9.90 Å². The summed E-state index contributed by atoms with van der Waals surface area (Å²) in [5, 5.41) is 12.4. The van der Waals surface area contributed by atoms with Crippen molar-refractivity contribution in [2.75, 3.05) is 0 Å². The summed E-state index contributed by atoms with van der Waals surface area (Å²) in [6.07, 6.45) is 0.384. The first-order valence-electron chi connectivity index (χ1n) is 8.82. The molecule has 2 N–H and O–H groups in total. The maximum absolute atomic E-state index is 12.6. The molecule has 0 spiro atoms. The van der Waals surface area contributed by atoms with Gasteiger partial charge in [0.15, 0.2) is 0 Å². The van der Waals surface area contributed by atoms with Gasteiger partial charge in [-0.15, -0.1) is 0 Å². The normalized spacial score (nSPS) is 10.7. The summed E-state index contributed by atoms with van der Waals surface area (Å²) >= 11 is 0. The van der Waals surface area contributed by atoms with Crippen LogP contribution < -0.4 is 5.32 Å². The lowest BCUT2D eigenvalue weighted by molar-refractivity contribution is -0.121. The average molecular weight is 345 g/mol. The Hall–Kier alpha value is -2.91. The van der Waals surface area contributed by atoms with E-state index in [-0.39, 0.29) is 18.4 Å². The lowest BCUT2D eigenvalue weighted by Crippen LogP contribution is -2.25. The van der Waals surface area contributed by atoms with Crippen LogP contribution in [0.2, 0.25) is 0 Å². The fraction of sp³-hybridized carbons (Fsp3) is 0.174. The van der Waals surface area contributed by atoms with Crippen LogP contribution in [-0.2, 0) is 17.9 Å². The molecule has 0 aliphatic rings. The molecular weight excluding hydrogens is 322 g/mol. The van der Waals surface area contributed by atoms with Crippen LogP contribution in [0.1, 0.15) is 34.6 Å². The highest BCUT2D eigenvalue weighted by molar-refractivity contribution is 5.77. The van der Waals surface area contributed by atoms with Gasteiger partial charge in [0, 0.05) is 18.9 Å². The summed E-state index contributed by atoms with van der Waals surface area (Å²) in [5.74, 6) is 0.0148. The van der Waals surface area contributed by atoms with Crippen molar-refractivity contribution in [2.24, 2.45) is 0 Å². The van der Waals surface area contributed by atoms with Crippen molar-refractivity contribution in [3.05, 3.63) is 107 Å². The number of benzene rings is 3. The molecule has 0 unspecified atom stereocenters. The molecule has 0 aromatic heterocycles. The molecule has 0 aliphatic heterocycles. The van der Waals surface area contributed by atoms with E-state index in [2.05, 4.69) is 29.6 Å². The van der Waals surface area contributed by atoms with Gasteiger partial charge in [-0.05, 0) is 22.3 Å². The van der Waals surface area contributed by atoms with E-state index in [0.29, 0.717) is 13.0 Å². The van der Waals surface area contributed by atoms with E-state index in [1.54, 1.807) is 0 Å². The standard InChI is InChI=1S/C23H23NO2/c25-17-21-14-8-7-13-20(21)16-24-23(26)15-22(18-9-3-1-4-10-18)19-11-5-2-6-12-19/h1-14,22,25H,15-17H2,(H,24,26). The molecule has 0 heterocycles. The summed E-state index contributed by atoms with van der Waals surface area (Å²) in [6.45, 7) is 0.397. The van der Waals surface area contributed by atoms with Gasteiger partial charge in [-0.2, -0.15) is 0 Å². The Morgan fingerprint density at radius 2 is 1.27 bits per heavy atom. The number of hydrogen-bond acceptors (Lipinski definition) is 2. The van der Waals surface area contributed by atoms with Gasteiger partial charge in [-0.25, -0.2) is 0 Å². The topological polar surface area (TPSA) is 49.3 Å². The number of hydrogen-bond donors (Lipinski definition) is 2. The van der Waals surface area contributed by atoms with Gasteiger partial charge in [0.1, 0.15) is 0 Å². The number of aliphatic hydroxyl groups is 1. The number of rotatable bonds is 7. The molecule has 132 valence electrons. The highest BCUT2D eigenvalue weighted by Gasteiger charge is 2.18. The van der Waals surface area contributed by atoms with E-state index >= 15 is 0 Å². The van der Waals surface area contributed by atoms with E-state index in [1.807, 2.05) is 60.7 Å². The Kier molecular flexibility index (Phi) is 6.18. The monoisotopic (exact) mass is 345 g/mol. The summed E-state index contributed by atoms with van der Waals surface area (Å²) in [6, 6.07) is 27.8. The van der Waals surface area contributed by atoms with Gasteiger partial charge < -0.3 is 10.4 Å². The van der Waals surface area contributed by atoms with E-state index in [0.717, 1.165) is 22.3 Å². The zero-order valence-electron chi connectivity index (χ0n) is 14.6. The fourth-order valence-corrected chi connectivity index (χ4v) is 3.13. The van der Waals surface area contributed by atoms with Crippen molar-refractivity contribution in [1.82, 2.24) is 5.32 Å². The van der Waals surface area contributed by atoms with Crippen molar-refractivity contribution < 1.29 is 9.90 Å². The molecule has 0 atom stereocenters. The third-order valence-electron chi connectivity index (χ3n) is 4.56. The van der Waals surface area contributed by atoms with Gasteiger partial charge in [-0.1, -0.05) is 84.9 Å². The van der Waals surface area contributed by atoms with Crippen LogP contribution in [0.15, 0.2) is 84.9 Å². The van der Waals surface area contributed by atoms with Crippen LogP contribution in [0, 0.1) is 0 Å². The Morgan fingerprint density at radius 3 is 1.81 bits per heavy atom. The molecule has 0 saturated heterocycles. The van der Waals surface area contributed by atoms with Crippen molar-refractivity contribution in [3.63, 3.8) is 0 Å². The van der Waals surface area contributed by atoms with Crippen molar-refractivity contribution in [1.29, 1.82) is 0 Å². The zero-order valence-corrected chi connectivity index (χ0v) is 14.6. The summed E-state index contributed by atoms with van der Waals surface area (Å²) in [7, 11) is 0. The molecule has 3 aromatic carbocycles. The highest BCUT2D eigenvalue weighted by Crippen LogP contribution is 2.27. The quantitative estimate of drug-likeness (QED) is 0.679. The first kappa shape index (κ1) is 17.9. The smallest absolute Gasteiger partial charge is 0.221 e. The van der Waals surface area contributed by atoms with Crippen LogP contribution in [0.5, 0.6) is 0 Å². The minimum Gasteiger partial charge on any atom is -0.392 e. The number of nitrogens with one attached hydrogen (secondary N) is 1. The highest BCUT2D eigenvalue weighted by atomic mass is 16.3. The van der Waals surface area contributed by atoms with Crippen molar-refractivity contribution in [2.45, 2.75) is 25.5 Å². The first-order chi connectivity index (χ1) is 12.8. The number of carbonyl (C=O) groups excluding carboxylic acids is 1. The second-order valence-electron chi connectivity index (χ2n) is 6.28. The van der Waals surface area contributed by atoms with Crippen LogP contribution in [0.3, 0.4) is 0 Å². The molecule has 3 heteroatoms. The Balaban J connectivity index is 1.72. The first-order valence-corrected chi connectivity index (χ1v) is 8.82. The molecule has 26 heavy (non-hydrogen) atoms. The van der Waals surface area contributed by atoms with Gasteiger partial charge in [0.05, 0.1) is 6.61 Å². The SMILES string of the molecule is O=C(CC(c1ccccc1)c1ccccc1)NCc1ccccc1CO. The number of amides is 1.